The van der Waals surface area contributed by atoms with E-state index in [4.69, 9.17) is 9.15 Å². The highest BCUT2D eigenvalue weighted by atomic mass is 16.5. The van der Waals surface area contributed by atoms with Crippen molar-refractivity contribution in [1.29, 1.82) is 0 Å². The van der Waals surface area contributed by atoms with E-state index in [-0.39, 0.29) is 17.8 Å². The summed E-state index contributed by atoms with van der Waals surface area (Å²) in [6.07, 6.45) is 4.87. The SMILES string of the molecule is COc1cc2ccccc2c(-c2nnc(N[C@@H](C)C(=O)N3CCC4(CC3)CC4)o2)n1. The number of pyridine rings is 1. The van der Waals surface area contributed by atoms with Crippen LogP contribution in [0, 0.1) is 5.41 Å². The number of nitrogens with one attached hydrogen (secondary N) is 1. The molecule has 2 fully saturated rings. The molecule has 2 aliphatic rings. The summed E-state index contributed by atoms with van der Waals surface area (Å²) in [6, 6.07) is 9.43. The maximum atomic E-state index is 12.8. The van der Waals surface area contributed by atoms with Crippen LogP contribution in [-0.4, -0.2) is 52.2 Å². The first-order valence-electron chi connectivity index (χ1n) is 10.4. The number of nitrogens with zero attached hydrogens (tertiary/aromatic N) is 4. The quantitative estimate of drug-likeness (QED) is 0.692. The standard InChI is InChI=1S/C22H25N5O3/c1-14(20(28)27-11-9-22(7-8-22)10-12-27)23-21-26-25-19(30-21)18-16-6-4-3-5-15(16)13-17(24-18)29-2/h3-6,13-14H,7-12H2,1-2H3,(H,23,26)/t14-/m0/s1. The highest BCUT2D eigenvalue weighted by Gasteiger charge is 2.45. The zero-order valence-electron chi connectivity index (χ0n) is 17.2. The van der Waals surface area contributed by atoms with Gasteiger partial charge in [-0.3, -0.25) is 4.79 Å². The van der Waals surface area contributed by atoms with E-state index < -0.39 is 6.04 Å². The van der Waals surface area contributed by atoms with Gasteiger partial charge in [0.2, 0.25) is 11.8 Å². The molecule has 1 aromatic carbocycles. The lowest BCUT2D eigenvalue weighted by molar-refractivity contribution is -0.133. The van der Waals surface area contributed by atoms with Gasteiger partial charge < -0.3 is 19.4 Å². The number of fused-ring (bicyclic) bond motifs is 1. The molecule has 1 atom stereocenters. The molecule has 1 saturated heterocycles. The van der Waals surface area contributed by atoms with Crippen LogP contribution >= 0.6 is 0 Å². The van der Waals surface area contributed by atoms with Crippen LogP contribution in [0.1, 0.15) is 32.6 Å². The van der Waals surface area contributed by atoms with Crippen molar-refractivity contribution in [2.24, 2.45) is 5.41 Å². The smallest absolute Gasteiger partial charge is 0.316 e. The first-order chi connectivity index (χ1) is 14.6. The molecule has 1 aliphatic carbocycles. The number of carbonyl (C=O) groups is 1. The third kappa shape index (κ3) is 3.46. The van der Waals surface area contributed by atoms with E-state index in [1.807, 2.05) is 42.2 Å². The minimum absolute atomic E-state index is 0.0650. The Bertz CT molecular complexity index is 1080. The molecule has 8 nitrogen and oxygen atoms in total. The van der Waals surface area contributed by atoms with E-state index in [1.54, 1.807) is 7.11 Å². The van der Waals surface area contributed by atoms with Crippen molar-refractivity contribution >= 4 is 22.7 Å². The average Bonchev–Trinajstić information content (AvgIpc) is 3.37. The van der Waals surface area contributed by atoms with Crippen LogP contribution in [0.15, 0.2) is 34.7 Å². The minimum Gasteiger partial charge on any atom is -0.481 e. The Hall–Kier alpha value is -3.16. The largest absolute Gasteiger partial charge is 0.481 e. The zero-order chi connectivity index (χ0) is 20.7. The van der Waals surface area contributed by atoms with Crippen molar-refractivity contribution in [3.63, 3.8) is 0 Å². The maximum Gasteiger partial charge on any atom is 0.316 e. The summed E-state index contributed by atoms with van der Waals surface area (Å²) in [4.78, 5) is 19.2. The van der Waals surface area contributed by atoms with Gasteiger partial charge in [0.1, 0.15) is 11.7 Å². The van der Waals surface area contributed by atoms with Crippen LogP contribution in [-0.2, 0) is 4.79 Å². The average molecular weight is 407 g/mol. The third-order valence-corrected chi connectivity index (χ3v) is 6.36. The van der Waals surface area contributed by atoms with Crippen molar-refractivity contribution in [3.8, 4) is 17.5 Å². The molecular weight excluding hydrogens is 382 g/mol. The second-order valence-corrected chi connectivity index (χ2v) is 8.34. The number of hydrogen-bond acceptors (Lipinski definition) is 7. The number of anilines is 1. The lowest BCUT2D eigenvalue weighted by Crippen LogP contribution is -2.45. The van der Waals surface area contributed by atoms with Gasteiger partial charge in [-0.2, -0.15) is 0 Å². The number of hydrogen-bond donors (Lipinski definition) is 1. The molecule has 0 radical (unpaired) electrons. The minimum atomic E-state index is -0.443. The third-order valence-electron chi connectivity index (χ3n) is 6.36. The maximum absolute atomic E-state index is 12.8. The molecule has 1 spiro atoms. The van der Waals surface area contributed by atoms with Gasteiger partial charge in [0.05, 0.1) is 7.11 Å². The number of piperidine rings is 1. The molecule has 156 valence electrons. The zero-order valence-corrected chi connectivity index (χ0v) is 17.2. The molecule has 3 aromatic rings. The van der Waals surface area contributed by atoms with Crippen LogP contribution in [0.25, 0.3) is 22.4 Å². The molecular formula is C22H25N5O3. The number of rotatable bonds is 5. The van der Waals surface area contributed by atoms with Gasteiger partial charge in [-0.1, -0.05) is 29.4 Å². The van der Waals surface area contributed by atoms with Crippen molar-refractivity contribution in [2.75, 3.05) is 25.5 Å². The number of aromatic nitrogens is 3. The Kier molecular flexibility index (Phi) is 4.56. The van der Waals surface area contributed by atoms with Crippen LogP contribution in [0.2, 0.25) is 0 Å². The molecule has 1 amide bonds. The Morgan fingerprint density at radius 2 is 1.97 bits per heavy atom. The summed E-state index contributed by atoms with van der Waals surface area (Å²) in [5, 5.41) is 13.1. The van der Waals surface area contributed by atoms with E-state index in [0.29, 0.717) is 17.0 Å². The fraction of sp³-hybridized carbons (Fsp3) is 0.455. The van der Waals surface area contributed by atoms with Crippen molar-refractivity contribution in [2.45, 2.75) is 38.6 Å². The van der Waals surface area contributed by atoms with Crippen LogP contribution in [0.4, 0.5) is 6.01 Å². The van der Waals surface area contributed by atoms with Crippen LogP contribution in [0.3, 0.4) is 0 Å². The van der Waals surface area contributed by atoms with Gasteiger partial charge in [0, 0.05) is 24.5 Å². The Balaban J connectivity index is 1.32. The first-order valence-corrected chi connectivity index (χ1v) is 10.4. The molecule has 0 bridgehead atoms. The topological polar surface area (TPSA) is 93.4 Å². The molecule has 1 saturated carbocycles. The number of ether oxygens (including phenoxy) is 1. The molecule has 5 rings (SSSR count). The Morgan fingerprint density at radius 1 is 1.20 bits per heavy atom. The van der Waals surface area contributed by atoms with E-state index in [1.165, 1.54) is 12.8 Å². The summed E-state index contributed by atoms with van der Waals surface area (Å²) >= 11 is 0. The van der Waals surface area contributed by atoms with Gasteiger partial charge in [0.15, 0.2) is 0 Å². The van der Waals surface area contributed by atoms with E-state index in [0.717, 1.165) is 36.7 Å². The van der Waals surface area contributed by atoms with Crippen molar-refractivity contribution in [3.05, 3.63) is 30.3 Å². The Morgan fingerprint density at radius 3 is 2.70 bits per heavy atom. The molecule has 30 heavy (non-hydrogen) atoms. The summed E-state index contributed by atoms with van der Waals surface area (Å²) in [5.41, 5.74) is 1.09. The number of benzene rings is 1. The van der Waals surface area contributed by atoms with Gasteiger partial charge in [0.25, 0.3) is 5.89 Å². The number of carbonyl (C=O) groups excluding carboxylic acids is 1. The van der Waals surface area contributed by atoms with Gasteiger partial charge >= 0.3 is 6.01 Å². The summed E-state index contributed by atoms with van der Waals surface area (Å²) in [6.45, 7) is 3.49. The molecule has 2 aromatic heterocycles. The summed E-state index contributed by atoms with van der Waals surface area (Å²) < 4.78 is 11.1. The van der Waals surface area contributed by atoms with Crippen LogP contribution < -0.4 is 10.1 Å². The Labute approximate surface area is 174 Å². The molecule has 3 heterocycles. The molecule has 8 heteroatoms. The fourth-order valence-electron chi connectivity index (χ4n) is 4.22. The van der Waals surface area contributed by atoms with Crippen LogP contribution in [0.5, 0.6) is 5.88 Å². The van der Waals surface area contributed by atoms with Crippen molar-refractivity contribution < 1.29 is 13.9 Å². The lowest BCUT2D eigenvalue weighted by atomic mass is 9.93. The fourth-order valence-corrected chi connectivity index (χ4v) is 4.22. The molecule has 1 N–H and O–H groups in total. The predicted octanol–water partition coefficient (Wildman–Crippen LogP) is 3.50. The first kappa shape index (κ1) is 18.8. The monoisotopic (exact) mass is 407 g/mol. The highest BCUT2D eigenvalue weighted by molar-refractivity contribution is 5.93. The summed E-state index contributed by atoms with van der Waals surface area (Å²) in [5.74, 6) is 0.814. The number of methoxy groups -OCH3 is 1. The normalized spacial score (nSPS) is 18.4. The van der Waals surface area contributed by atoms with E-state index in [2.05, 4.69) is 20.5 Å². The predicted molar refractivity (Wildman–Crippen MR) is 112 cm³/mol. The highest BCUT2D eigenvalue weighted by Crippen LogP contribution is 2.53. The second-order valence-electron chi connectivity index (χ2n) is 8.34. The summed E-state index contributed by atoms with van der Waals surface area (Å²) in [7, 11) is 1.57. The van der Waals surface area contributed by atoms with Crippen molar-refractivity contribution in [1.82, 2.24) is 20.1 Å². The van der Waals surface area contributed by atoms with E-state index >= 15 is 0 Å². The lowest BCUT2D eigenvalue weighted by Gasteiger charge is -2.33. The number of likely N-dealkylation sites (tertiary alicyclic amines) is 1. The van der Waals surface area contributed by atoms with E-state index in [9.17, 15) is 4.79 Å². The van der Waals surface area contributed by atoms with Gasteiger partial charge in [-0.05, 0) is 43.4 Å². The second kappa shape index (κ2) is 7.27. The van der Waals surface area contributed by atoms with Gasteiger partial charge in [-0.25, -0.2) is 4.98 Å². The molecule has 1 aliphatic heterocycles. The molecule has 0 unspecified atom stereocenters. The number of amides is 1. The van der Waals surface area contributed by atoms with Gasteiger partial charge in [-0.15, -0.1) is 5.10 Å².